The number of nitrogens with zero attached hydrogens (tertiary/aromatic N) is 1. The van der Waals surface area contributed by atoms with Gasteiger partial charge in [0, 0.05) is 18.5 Å². The normalized spacial score (nSPS) is 22.2. The molecule has 5 heteroatoms. The van der Waals surface area contributed by atoms with Crippen molar-refractivity contribution < 1.29 is 5.11 Å². The average Bonchev–Trinajstić information content (AvgIpc) is 3.24. The van der Waals surface area contributed by atoms with E-state index >= 15 is 0 Å². The number of rotatable bonds is 4. The van der Waals surface area contributed by atoms with Gasteiger partial charge in [-0.2, -0.15) is 0 Å². The Labute approximate surface area is 118 Å². The Balaban J connectivity index is 1.66. The zero-order chi connectivity index (χ0) is 14.0. The first-order chi connectivity index (χ1) is 9.65. The highest BCUT2D eigenvalue weighted by atomic mass is 16.3. The molecule has 0 aromatic carbocycles. The van der Waals surface area contributed by atoms with Crippen molar-refractivity contribution >= 4 is 5.82 Å². The van der Waals surface area contributed by atoms with Gasteiger partial charge in [0.15, 0.2) is 0 Å². The number of aromatic amines is 1. The molecule has 2 aliphatic rings. The van der Waals surface area contributed by atoms with Gasteiger partial charge in [-0.15, -0.1) is 0 Å². The lowest BCUT2D eigenvalue weighted by Crippen LogP contribution is -2.36. The second-order valence-electron chi connectivity index (χ2n) is 6.28. The summed E-state index contributed by atoms with van der Waals surface area (Å²) >= 11 is 0. The lowest BCUT2D eigenvalue weighted by atomic mass is 9.94. The predicted molar refractivity (Wildman–Crippen MR) is 78.0 cm³/mol. The maximum absolute atomic E-state index is 11.6. The van der Waals surface area contributed by atoms with Gasteiger partial charge in [-0.1, -0.05) is 25.7 Å². The van der Waals surface area contributed by atoms with Crippen LogP contribution in [-0.2, 0) is 0 Å². The van der Waals surface area contributed by atoms with Gasteiger partial charge in [0.1, 0.15) is 11.6 Å². The average molecular weight is 277 g/mol. The number of anilines is 1. The number of aromatic nitrogens is 2. The smallest absolute Gasteiger partial charge is 0.252 e. The van der Waals surface area contributed by atoms with Crippen molar-refractivity contribution in [1.82, 2.24) is 9.97 Å². The molecule has 0 amide bonds. The van der Waals surface area contributed by atoms with Gasteiger partial charge in [0.2, 0.25) is 0 Å². The van der Waals surface area contributed by atoms with Crippen LogP contribution in [-0.4, -0.2) is 27.2 Å². The van der Waals surface area contributed by atoms with E-state index in [1.165, 1.54) is 18.9 Å². The van der Waals surface area contributed by atoms with E-state index in [1.807, 2.05) is 0 Å². The van der Waals surface area contributed by atoms with Crippen LogP contribution in [0.2, 0.25) is 0 Å². The van der Waals surface area contributed by atoms with Crippen molar-refractivity contribution in [1.29, 1.82) is 0 Å². The first-order valence-corrected chi connectivity index (χ1v) is 7.72. The third-order valence-corrected chi connectivity index (χ3v) is 4.36. The molecular weight excluding hydrogens is 254 g/mol. The summed E-state index contributed by atoms with van der Waals surface area (Å²) in [5, 5.41) is 13.8. The van der Waals surface area contributed by atoms with E-state index in [0.717, 1.165) is 44.3 Å². The topological polar surface area (TPSA) is 78.0 Å². The SMILES string of the molecule is O=c1cc(NCC2(O)CCCCCC2)nc(C2CC2)[nH]1. The predicted octanol–water partition coefficient (Wildman–Crippen LogP) is 2.14. The second kappa shape index (κ2) is 5.56. The summed E-state index contributed by atoms with van der Waals surface area (Å²) in [4.78, 5) is 18.9. The number of nitrogens with one attached hydrogen (secondary N) is 2. The summed E-state index contributed by atoms with van der Waals surface area (Å²) in [6.07, 6.45) is 8.45. The van der Waals surface area contributed by atoms with Crippen LogP contribution in [0.5, 0.6) is 0 Å². The van der Waals surface area contributed by atoms with E-state index in [4.69, 9.17) is 0 Å². The molecule has 0 unspecified atom stereocenters. The Hall–Kier alpha value is -1.36. The zero-order valence-corrected chi connectivity index (χ0v) is 11.8. The molecule has 0 bridgehead atoms. The van der Waals surface area contributed by atoms with E-state index < -0.39 is 5.60 Å². The van der Waals surface area contributed by atoms with Crippen LogP contribution < -0.4 is 10.9 Å². The van der Waals surface area contributed by atoms with Crippen molar-refractivity contribution in [3.63, 3.8) is 0 Å². The molecule has 5 nitrogen and oxygen atoms in total. The Morgan fingerprint density at radius 2 is 2.00 bits per heavy atom. The third kappa shape index (κ3) is 3.39. The van der Waals surface area contributed by atoms with Crippen LogP contribution in [0.25, 0.3) is 0 Å². The van der Waals surface area contributed by atoms with E-state index in [-0.39, 0.29) is 5.56 Å². The van der Waals surface area contributed by atoms with E-state index in [0.29, 0.717) is 18.3 Å². The van der Waals surface area contributed by atoms with E-state index in [2.05, 4.69) is 15.3 Å². The number of aliphatic hydroxyl groups is 1. The van der Waals surface area contributed by atoms with Crippen LogP contribution >= 0.6 is 0 Å². The third-order valence-electron chi connectivity index (χ3n) is 4.36. The molecule has 20 heavy (non-hydrogen) atoms. The van der Waals surface area contributed by atoms with Gasteiger partial charge in [0.05, 0.1) is 5.60 Å². The fourth-order valence-electron chi connectivity index (χ4n) is 2.94. The van der Waals surface area contributed by atoms with Gasteiger partial charge in [-0.3, -0.25) is 4.79 Å². The van der Waals surface area contributed by atoms with Crippen molar-refractivity contribution in [3.05, 3.63) is 22.2 Å². The zero-order valence-electron chi connectivity index (χ0n) is 11.8. The molecule has 3 rings (SSSR count). The van der Waals surface area contributed by atoms with Crippen LogP contribution in [0, 0.1) is 0 Å². The fraction of sp³-hybridized carbons (Fsp3) is 0.733. The van der Waals surface area contributed by atoms with Gasteiger partial charge in [-0.05, 0) is 25.7 Å². The summed E-state index contributed by atoms with van der Waals surface area (Å²) in [5.41, 5.74) is -0.766. The fourth-order valence-corrected chi connectivity index (χ4v) is 2.94. The maximum Gasteiger partial charge on any atom is 0.252 e. The minimum atomic E-state index is -0.652. The Morgan fingerprint density at radius 1 is 1.30 bits per heavy atom. The van der Waals surface area contributed by atoms with Gasteiger partial charge >= 0.3 is 0 Å². The Bertz CT molecular complexity index is 514. The Morgan fingerprint density at radius 3 is 2.65 bits per heavy atom. The molecule has 0 spiro atoms. The van der Waals surface area contributed by atoms with Crippen LogP contribution in [0.3, 0.4) is 0 Å². The highest BCUT2D eigenvalue weighted by Crippen LogP contribution is 2.37. The minimum absolute atomic E-state index is 0.114. The molecule has 2 saturated carbocycles. The molecule has 0 atom stereocenters. The monoisotopic (exact) mass is 277 g/mol. The summed E-state index contributed by atoms with van der Waals surface area (Å²) in [5.74, 6) is 1.80. The molecule has 1 aromatic heterocycles. The Kier molecular flexibility index (Phi) is 3.78. The minimum Gasteiger partial charge on any atom is -0.388 e. The summed E-state index contributed by atoms with van der Waals surface area (Å²) in [7, 11) is 0. The van der Waals surface area contributed by atoms with Crippen LogP contribution in [0.15, 0.2) is 10.9 Å². The molecular formula is C15H23N3O2. The van der Waals surface area contributed by atoms with Gasteiger partial charge in [0.25, 0.3) is 5.56 Å². The van der Waals surface area contributed by atoms with E-state index in [9.17, 15) is 9.90 Å². The summed E-state index contributed by atoms with van der Waals surface area (Å²) in [6, 6.07) is 1.48. The first-order valence-electron chi connectivity index (χ1n) is 7.72. The molecule has 2 fully saturated rings. The van der Waals surface area contributed by atoms with Crippen molar-refractivity contribution in [3.8, 4) is 0 Å². The summed E-state index contributed by atoms with van der Waals surface area (Å²) in [6.45, 7) is 0.480. The van der Waals surface area contributed by atoms with Crippen molar-refractivity contribution in [2.75, 3.05) is 11.9 Å². The largest absolute Gasteiger partial charge is 0.388 e. The van der Waals surface area contributed by atoms with Crippen molar-refractivity contribution in [2.24, 2.45) is 0 Å². The van der Waals surface area contributed by atoms with Crippen LogP contribution in [0.1, 0.15) is 63.1 Å². The lowest BCUT2D eigenvalue weighted by molar-refractivity contribution is 0.0380. The molecule has 3 N–H and O–H groups in total. The first kappa shape index (κ1) is 13.6. The van der Waals surface area contributed by atoms with Crippen molar-refractivity contribution in [2.45, 2.75) is 62.9 Å². The second-order valence-corrected chi connectivity index (χ2v) is 6.28. The molecule has 2 aliphatic carbocycles. The molecule has 0 saturated heterocycles. The van der Waals surface area contributed by atoms with Gasteiger partial charge in [-0.25, -0.2) is 4.98 Å². The molecule has 0 radical (unpaired) electrons. The highest BCUT2D eigenvalue weighted by molar-refractivity contribution is 5.34. The molecule has 0 aliphatic heterocycles. The number of hydrogen-bond donors (Lipinski definition) is 3. The van der Waals surface area contributed by atoms with Crippen LogP contribution in [0.4, 0.5) is 5.82 Å². The number of hydrogen-bond acceptors (Lipinski definition) is 4. The van der Waals surface area contributed by atoms with Gasteiger partial charge < -0.3 is 15.4 Å². The lowest BCUT2D eigenvalue weighted by Gasteiger charge is -2.27. The number of H-pyrrole nitrogens is 1. The molecule has 1 heterocycles. The maximum atomic E-state index is 11.6. The molecule has 1 aromatic rings. The standard InChI is InChI=1S/C15H23N3O2/c19-13-9-12(17-14(18-13)11-5-6-11)16-10-15(20)7-3-1-2-4-8-15/h9,11,20H,1-8,10H2,(H2,16,17,18,19). The van der Waals surface area contributed by atoms with E-state index in [1.54, 1.807) is 0 Å². The summed E-state index contributed by atoms with van der Waals surface area (Å²) < 4.78 is 0. The quantitative estimate of drug-likeness (QED) is 0.737. The molecule has 110 valence electrons. The highest BCUT2D eigenvalue weighted by Gasteiger charge is 2.29.